The first-order chi connectivity index (χ1) is 12.3. The maximum Gasteiger partial charge on any atom is 0.251 e. The molecule has 0 bridgehead atoms. The summed E-state index contributed by atoms with van der Waals surface area (Å²) in [4.78, 5) is 12.4. The standard InChI is InChI=1S/C20H24N2O3S/c1-20(2,3)16-8-4-14(5-9-16)18(23)21-12-13-25-17-10-6-15(7-11-17)19(26)22-24/h4-11,24H,12-13H2,1-3H3,(H,21,23)(H,22,26). The van der Waals surface area contributed by atoms with Crippen molar-refractivity contribution in [3.8, 4) is 5.75 Å². The molecule has 0 radical (unpaired) electrons. The molecule has 26 heavy (non-hydrogen) atoms. The van der Waals surface area contributed by atoms with Crippen LogP contribution in [0.5, 0.6) is 5.75 Å². The van der Waals surface area contributed by atoms with Crippen molar-refractivity contribution >= 4 is 23.1 Å². The van der Waals surface area contributed by atoms with Crippen LogP contribution in [-0.4, -0.2) is 29.3 Å². The fraction of sp³-hybridized carbons (Fsp3) is 0.300. The summed E-state index contributed by atoms with van der Waals surface area (Å²) < 4.78 is 5.58. The van der Waals surface area contributed by atoms with Crippen molar-refractivity contribution in [2.75, 3.05) is 13.2 Å². The van der Waals surface area contributed by atoms with E-state index in [0.29, 0.717) is 30.0 Å². The van der Waals surface area contributed by atoms with Gasteiger partial charge in [0, 0.05) is 11.1 Å². The lowest BCUT2D eigenvalue weighted by Gasteiger charge is -2.19. The predicted molar refractivity (Wildman–Crippen MR) is 106 cm³/mol. The minimum absolute atomic E-state index is 0.0649. The molecular weight excluding hydrogens is 348 g/mol. The number of hydrogen-bond acceptors (Lipinski definition) is 4. The van der Waals surface area contributed by atoms with Gasteiger partial charge in [0.2, 0.25) is 0 Å². The fourth-order valence-corrected chi connectivity index (χ4v) is 2.46. The molecule has 0 unspecified atom stereocenters. The Morgan fingerprint density at radius 2 is 1.62 bits per heavy atom. The number of thiocarbonyl (C=S) groups is 1. The first kappa shape index (κ1) is 19.9. The van der Waals surface area contributed by atoms with Gasteiger partial charge in [-0.2, -0.15) is 0 Å². The minimum atomic E-state index is -0.122. The van der Waals surface area contributed by atoms with E-state index in [1.165, 1.54) is 5.56 Å². The number of hydroxylamine groups is 1. The maximum absolute atomic E-state index is 12.2. The zero-order chi connectivity index (χ0) is 19.2. The summed E-state index contributed by atoms with van der Waals surface area (Å²) in [5, 5.41) is 11.6. The van der Waals surface area contributed by atoms with Crippen molar-refractivity contribution in [1.82, 2.24) is 10.8 Å². The number of nitrogens with one attached hydrogen (secondary N) is 2. The van der Waals surface area contributed by atoms with Crippen LogP contribution in [0.25, 0.3) is 0 Å². The number of benzene rings is 2. The van der Waals surface area contributed by atoms with E-state index in [-0.39, 0.29) is 16.3 Å². The van der Waals surface area contributed by atoms with Crippen LogP contribution in [-0.2, 0) is 5.41 Å². The Morgan fingerprint density at radius 3 is 2.15 bits per heavy atom. The molecule has 0 saturated carbocycles. The molecule has 0 aliphatic heterocycles. The maximum atomic E-state index is 12.2. The van der Waals surface area contributed by atoms with Crippen LogP contribution < -0.4 is 15.5 Å². The van der Waals surface area contributed by atoms with Gasteiger partial charge in [0.15, 0.2) is 0 Å². The summed E-state index contributed by atoms with van der Waals surface area (Å²) in [5.41, 5.74) is 4.52. The highest BCUT2D eigenvalue weighted by atomic mass is 32.1. The summed E-state index contributed by atoms with van der Waals surface area (Å²) in [6, 6.07) is 14.7. The summed E-state index contributed by atoms with van der Waals surface area (Å²) in [7, 11) is 0. The van der Waals surface area contributed by atoms with Crippen LogP contribution in [0.2, 0.25) is 0 Å². The minimum Gasteiger partial charge on any atom is -0.492 e. The smallest absolute Gasteiger partial charge is 0.251 e. The number of carbonyl (C=O) groups excluding carboxylic acids is 1. The van der Waals surface area contributed by atoms with Gasteiger partial charge in [-0.1, -0.05) is 45.1 Å². The molecule has 2 aromatic carbocycles. The third-order valence-corrected chi connectivity index (χ3v) is 4.21. The van der Waals surface area contributed by atoms with Crippen molar-refractivity contribution in [2.45, 2.75) is 26.2 Å². The Morgan fingerprint density at radius 1 is 1.04 bits per heavy atom. The molecule has 0 fully saturated rings. The van der Waals surface area contributed by atoms with Crippen LogP contribution in [0, 0.1) is 0 Å². The second-order valence-electron chi connectivity index (χ2n) is 6.90. The molecule has 138 valence electrons. The van der Waals surface area contributed by atoms with Gasteiger partial charge >= 0.3 is 0 Å². The van der Waals surface area contributed by atoms with Gasteiger partial charge in [0.1, 0.15) is 17.3 Å². The average Bonchev–Trinajstić information content (AvgIpc) is 2.64. The van der Waals surface area contributed by atoms with E-state index in [2.05, 4.69) is 26.1 Å². The van der Waals surface area contributed by atoms with E-state index in [9.17, 15) is 4.79 Å². The Bertz CT molecular complexity index is 750. The summed E-state index contributed by atoms with van der Waals surface area (Å²) in [6.07, 6.45) is 0. The third-order valence-electron chi connectivity index (χ3n) is 3.89. The molecule has 0 aromatic heterocycles. The topological polar surface area (TPSA) is 70.6 Å². The highest BCUT2D eigenvalue weighted by Gasteiger charge is 2.14. The Labute approximate surface area is 159 Å². The Balaban J connectivity index is 1.79. The average molecular weight is 372 g/mol. The van der Waals surface area contributed by atoms with Crippen LogP contribution in [0.3, 0.4) is 0 Å². The number of amides is 1. The van der Waals surface area contributed by atoms with Crippen molar-refractivity contribution in [2.24, 2.45) is 0 Å². The van der Waals surface area contributed by atoms with Gasteiger partial charge in [0.25, 0.3) is 5.91 Å². The highest BCUT2D eigenvalue weighted by Crippen LogP contribution is 2.22. The Hall–Kier alpha value is -2.44. The van der Waals surface area contributed by atoms with Crippen LogP contribution in [0.15, 0.2) is 48.5 Å². The molecule has 3 N–H and O–H groups in total. The molecule has 0 aliphatic rings. The SMILES string of the molecule is CC(C)(C)c1ccc(C(=O)NCCOc2ccc(C(=S)NO)cc2)cc1. The number of rotatable bonds is 6. The van der Waals surface area contributed by atoms with E-state index < -0.39 is 0 Å². The van der Waals surface area contributed by atoms with Crippen molar-refractivity contribution < 1.29 is 14.7 Å². The highest BCUT2D eigenvalue weighted by molar-refractivity contribution is 7.80. The van der Waals surface area contributed by atoms with E-state index >= 15 is 0 Å². The molecule has 0 spiro atoms. The third kappa shape index (κ3) is 5.54. The number of ether oxygens (including phenoxy) is 1. The molecule has 0 heterocycles. The van der Waals surface area contributed by atoms with E-state index in [4.69, 9.17) is 22.2 Å². The van der Waals surface area contributed by atoms with Gasteiger partial charge in [-0.25, -0.2) is 0 Å². The summed E-state index contributed by atoms with van der Waals surface area (Å²) >= 11 is 4.93. The lowest BCUT2D eigenvalue weighted by atomic mass is 9.87. The van der Waals surface area contributed by atoms with E-state index in [1.54, 1.807) is 24.3 Å². The lowest BCUT2D eigenvalue weighted by molar-refractivity contribution is 0.0947. The second kappa shape index (κ2) is 8.78. The quantitative estimate of drug-likeness (QED) is 0.412. The molecule has 0 atom stereocenters. The van der Waals surface area contributed by atoms with E-state index in [0.717, 1.165) is 0 Å². The lowest BCUT2D eigenvalue weighted by Crippen LogP contribution is -2.28. The van der Waals surface area contributed by atoms with Crippen LogP contribution >= 0.6 is 12.2 Å². The molecule has 2 rings (SSSR count). The molecule has 0 aliphatic carbocycles. The van der Waals surface area contributed by atoms with Gasteiger partial charge in [-0.15, -0.1) is 0 Å². The molecule has 0 saturated heterocycles. The largest absolute Gasteiger partial charge is 0.492 e. The van der Waals surface area contributed by atoms with Crippen molar-refractivity contribution in [1.29, 1.82) is 0 Å². The normalized spacial score (nSPS) is 10.9. The molecule has 5 nitrogen and oxygen atoms in total. The Kier molecular flexibility index (Phi) is 6.71. The van der Waals surface area contributed by atoms with Gasteiger partial charge in [-0.05, 0) is 47.4 Å². The molecule has 2 aromatic rings. The van der Waals surface area contributed by atoms with Crippen molar-refractivity contribution in [3.05, 3.63) is 65.2 Å². The number of hydrogen-bond donors (Lipinski definition) is 3. The van der Waals surface area contributed by atoms with Crippen LogP contribution in [0.1, 0.15) is 42.3 Å². The predicted octanol–water partition coefficient (Wildman–Crippen LogP) is 3.45. The molecule has 1 amide bonds. The zero-order valence-electron chi connectivity index (χ0n) is 15.2. The molecule has 6 heteroatoms. The summed E-state index contributed by atoms with van der Waals surface area (Å²) in [5.74, 6) is 0.544. The first-order valence-corrected chi connectivity index (χ1v) is 8.78. The molecular formula is C20H24N2O3S. The van der Waals surface area contributed by atoms with Gasteiger partial charge in [0.05, 0.1) is 6.54 Å². The monoisotopic (exact) mass is 372 g/mol. The van der Waals surface area contributed by atoms with Crippen LogP contribution in [0.4, 0.5) is 0 Å². The van der Waals surface area contributed by atoms with Gasteiger partial charge < -0.3 is 10.1 Å². The zero-order valence-corrected chi connectivity index (χ0v) is 16.0. The van der Waals surface area contributed by atoms with Crippen molar-refractivity contribution in [3.63, 3.8) is 0 Å². The fourth-order valence-electron chi connectivity index (χ4n) is 2.32. The van der Waals surface area contributed by atoms with Gasteiger partial charge in [-0.3, -0.25) is 15.5 Å². The summed E-state index contributed by atoms with van der Waals surface area (Å²) in [6.45, 7) is 7.17. The van der Waals surface area contributed by atoms with E-state index in [1.807, 2.05) is 29.7 Å². The first-order valence-electron chi connectivity index (χ1n) is 8.37. The second-order valence-corrected chi connectivity index (χ2v) is 7.31. The number of carbonyl (C=O) groups is 1.